The monoisotopic (exact) mass is 402 g/mol. The van der Waals surface area contributed by atoms with Crippen LogP contribution >= 0.6 is 0 Å². The fraction of sp³-hybridized carbons (Fsp3) is 0.0833. The summed E-state index contributed by atoms with van der Waals surface area (Å²) >= 11 is 0. The van der Waals surface area contributed by atoms with E-state index in [2.05, 4.69) is 5.32 Å². The lowest BCUT2D eigenvalue weighted by Crippen LogP contribution is -2.20. The minimum absolute atomic E-state index is 0.222. The predicted molar refractivity (Wildman–Crippen MR) is 116 cm³/mol. The van der Waals surface area contributed by atoms with Gasteiger partial charge in [-0.25, -0.2) is 0 Å². The number of carbonyl (C=O) groups is 2. The Hall–Kier alpha value is -4.06. The summed E-state index contributed by atoms with van der Waals surface area (Å²) in [6.45, 7) is 0.253. The van der Waals surface area contributed by atoms with Gasteiger partial charge in [0, 0.05) is 17.8 Å². The number of carbonyl (C=O) groups excluding carboxylic acids is 2. The average molecular weight is 402 g/mol. The predicted octanol–water partition coefficient (Wildman–Crippen LogP) is 3.78. The molecule has 0 fully saturated rings. The van der Waals surface area contributed by atoms with Crippen molar-refractivity contribution in [2.45, 2.75) is 6.61 Å². The third-order valence-corrected chi connectivity index (χ3v) is 4.02. The normalized spacial score (nSPS) is 10.5. The number of rotatable bonds is 9. The lowest BCUT2D eigenvalue weighted by atomic mass is 10.2. The molecule has 0 aliphatic carbocycles. The molecule has 30 heavy (non-hydrogen) atoms. The van der Waals surface area contributed by atoms with Crippen LogP contribution in [0.25, 0.3) is 6.08 Å². The highest BCUT2D eigenvalue weighted by Crippen LogP contribution is 2.18. The molecule has 6 nitrogen and oxygen atoms in total. The van der Waals surface area contributed by atoms with Crippen LogP contribution in [0, 0.1) is 0 Å². The number of amides is 2. The fourth-order valence-electron chi connectivity index (χ4n) is 2.62. The lowest BCUT2D eigenvalue weighted by Gasteiger charge is -2.07. The van der Waals surface area contributed by atoms with Crippen LogP contribution < -0.4 is 20.5 Å². The van der Waals surface area contributed by atoms with Gasteiger partial charge in [0.25, 0.3) is 5.91 Å². The van der Waals surface area contributed by atoms with Crippen LogP contribution in [0.4, 0.5) is 5.69 Å². The van der Waals surface area contributed by atoms with Gasteiger partial charge < -0.3 is 20.5 Å². The molecule has 0 atom stereocenters. The Kier molecular flexibility index (Phi) is 7.22. The van der Waals surface area contributed by atoms with Crippen molar-refractivity contribution >= 4 is 23.6 Å². The van der Waals surface area contributed by atoms with Crippen molar-refractivity contribution in [3.63, 3.8) is 0 Å². The van der Waals surface area contributed by atoms with Gasteiger partial charge in [0.05, 0.1) is 0 Å². The van der Waals surface area contributed by atoms with Crippen LogP contribution in [0.3, 0.4) is 0 Å². The quantitative estimate of drug-likeness (QED) is 0.533. The molecule has 3 aromatic rings. The second kappa shape index (κ2) is 10.5. The van der Waals surface area contributed by atoms with Crippen molar-refractivity contribution in [3.8, 4) is 11.5 Å². The molecule has 0 spiro atoms. The highest BCUT2D eigenvalue weighted by Gasteiger charge is 2.02. The number of hydrogen-bond acceptors (Lipinski definition) is 4. The SMILES string of the molecule is NC(=O)COc1cccc(NC(=O)/C=C/c2cccc(OCc3ccccc3)c2)c1. The molecule has 0 radical (unpaired) electrons. The van der Waals surface area contributed by atoms with Gasteiger partial charge in [-0.3, -0.25) is 9.59 Å². The van der Waals surface area contributed by atoms with Crippen LogP contribution in [0.5, 0.6) is 11.5 Å². The Morgan fingerprint density at radius 2 is 1.60 bits per heavy atom. The maximum Gasteiger partial charge on any atom is 0.255 e. The van der Waals surface area contributed by atoms with E-state index in [4.69, 9.17) is 15.2 Å². The number of anilines is 1. The van der Waals surface area contributed by atoms with Crippen LogP contribution in [-0.2, 0) is 16.2 Å². The van der Waals surface area contributed by atoms with Crippen LogP contribution in [0.1, 0.15) is 11.1 Å². The maximum atomic E-state index is 12.2. The van der Waals surface area contributed by atoms with E-state index in [0.29, 0.717) is 18.0 Å². The van der Waals surface area contributed by atoms with E-state index in [0.717, 1.165) is 16.9 Å². The van der Waals surface area contributed by atoms with E-state index < -0.39 is 5.91 Å². The summed E-state index contributed by atoms with van der Waals surface area (Å²) in [6, 6.07) is 24.1. The minimum atomic E-state index is -0.567. The molecule has 3 aromatic carbocycles. The molecular weight excluding hydrogens is 380 g/mol. The van der Waals surface area contributed by atoms with Crippen molar-refractivity contribution < 1.29 is 19.1 Å². The summed E-state index contributed by atoms with van der Waals surface area (Å²) in [5.74, 6) is 0.305. The molecule has 2 amide bonds. The van der Waals surface area contributed by atoms with Crippen molar-refractivity contribution in [2.24, 2.45) is 5.73 Å². The van der Waals surface area contributed by atoms with E-state index >= 15 is 0 Å². The Balaban J connectivity index is 1.56. The van der Waals surface area contributed by atoms with Gasteiger partial charge in [-0.05, 0) is 41.5 Å². The van der Waals surface area contributed by atoms with E-state index in [1.54, 1.807) is 30.3 Å². The van der Waals surface area contributed by atoms with Crippen LogP contribution in [-0.4, -0.2) is 18.4 Å². The summed E-state index contributed by atoms with van der Waals surface area (Å²) < 4.78 is 11.0. The third kappa shape index (κ3) is 6.83. The average Bonchev–Trinajstić information content (AvgIpc) is 2.76. The van der Waals surface area contributed by atoms with Crippen molar-refractivity contribution in [3.05, 3.63) is 96.1 Å². The number of hydrogen-bond donors (Lipinski definition) is 2. The highest BCUT2D eigenvalue weighted by atomic mass is 16.5. The van der Waals surface area contributed by atoms with E-state index in [9.17, 15) is 9.59 Å². The van der Waals surface area contributed by atoms with E-state index in [1.165, 1.54) is 6.08 Å². The second-order valence-electron chi connectivity index (χ2n) is 6.45. The van der Waals surface area contributed by atoms with Crippen LogP contribution in [0.2, 0.25) is 0 Å². The summed E-state index contributed by atoms with van der Waals surface area (Å²) in [5, 5.41) is 2.75. The zero-order chi connectivity index (χ0) is 21.2. The summed E-state index contributed by atoms with van der Waals surface area (Å²) in [7, 11) is 0. The van der Waals surface area contributed by atoms with Gasteiger partial charge in [0.15, 0.2) is 6.61 Å². The van der Waals surface area contributed by atoms with Crippen molar-refractivity contribution in [1.82, 2.24) is 0 Å². The van der Waals surface area contributed by atoms with Crippen molar-refractivity contribution in [1.29, 1.82) is 0 Å². The first-order valence-corrected chi connectivity index (χ1v) is 9.35. The molecular formula is C24H22N2O4. The number of benzene rings is 3. The molecule has 0 aromatic heterocycles. The molecule has 6 heteroatoms. The maximum absolute atomic E-state index is 12.2. The topological polar surface area (TPSA) is 90.7 Å². The third-order valence-electron chi connectivity index (χ3n) is 4.02. The molecule has 0 aliphatic heterocycles. The Morgan fingerprint density at radius 1 is 0.867 bits per heavy atom. The van der Waals surface area contributed by atoms with E-state index in [1.807, 2.05) is 54.6 Å². The first kappa shape index (κ1) is 20.7. The summed E-state index contributed by atoms with van der Waals surface area (Å²) in [5.41, 5.74) is 7.53. The molecule has 3 rings (SSSR count). The molecule has 3 N–H and O–H groups in total. The molecule has 152 valence electrons. The van der Waals surface area contributed by atoms with Gasteiger partial charge in [0.1, 0.15) is 18.1 Å². The molecule has 0 aliphatic rings. The molecule has 0 saturated heterocycles. The van der Waals surface area contributed by atoms with Crippen molar-refractivity contribution in [2.75, 3.05) is 11.9 Å². The lowest BCUT2D eigenvalue weighted by molar-refractivity contribution is -0.120. The number of nitrogens with one attached hydrogen (secondary N) is 1. The summed E-state index contributed by atoms with van der Waals surface area (Å²) in [4.78, 5) is 23.0. The largest absolute Gasteiger partial charge is 0.489 e. The Morgan fingerprint density at radius 3 is 2.37 bits per heavy atom. The molecule has 0 bridgehead atoms. The zero-order valence-electron chi connectivity index (χ0n) is 16.3. The number of primary amides is 1. The second-order valence-corrected chi connectivity index (χ2v) is 6.45. The summed E-state index contributed by atoms with van der Waals surface area (Å²) in [6.07, 6.45) is 3.14. The number of nitrogens with two attached hydrogens (primary N) is 1. The first-order valence-electron chi connectivity index (χ1n) is 9.35. The number of ether oxygens (including phenoxy) is 2. The zero-order valence-corrected chi connectivity index (χ0v) is 16.3. The van der Waals surface area contributed by atoms with Gasteiger partial charge >= 0.3 is 0 Å². The van der Waals surface area contributed by atoms with Gasteiger partial charge in [0.2, 0.25) is 5.91 Å². The smallest absolute Gasteiger partial charge is 0.255 e. The van der Waals surface area contributed by atoms with Crippen LogP contribution in [0.15, 0.2) is 84.9 Å². The van der Waals surface area contributed by atoms with Gasteiger partial charge in [-0.15, -0.1) is 0 Å². The standard InChI is InChI=1S/C24H22N2O4/c25-23(27)17-30-22-11-5-9-20(15-22)26-24(28)13-12-18-8-4-10-21(14-18)29-16-19-6-2-1-3-7-19/h1-15H,16-17H2,(H2,25,27)(H,26,28)/b13-12+. The fourth-order valence-corrected chi connectivity index (χ4v) is 2.62. The molecule has 0 saturated carbocycles. The van der Waals surface area contributed by atoms with E-state index in [-0.39, 0.29) is 12.5 Å². The Bertz CT molecular complexity index is 1030. The Labute approximate surface area is 174 Å². The first-order chi connectivity index (χ1) is 14.6. The molecule has 0 unspecified atom stereocenters. The minimum Gasteiger partial charge on any atom is -0.489 e. The molecule has 0 heterocycles. The van der Waals surface area contributed by atoms with Gasteiger partial charge in [-0.2, -0.15) is 0 Å². The van der Waals surface area contributed by atoms with Gasteiger partial charge in [-0.1, -0.05) is 48.5 Å². The highest BCUT2D eigenvalue weighted by molar-refractivity contribution is 6.02.